The predicted molar refractivity (Wildman–Crippen MR) is 117 cm³/mol. The average molecular weight is 485 g/mol. The fraction of sp³-hybridized carbons (Fsp3) is 0.444. The number of nitrogens with zero attached hydrogens (tertiary/aromatic N) is 5. The first-order valence-corrected chi connectivity index (χ1v) is 8.74. The molecule has 0 unspecified atom stereocenters. The normalized spacial score (nSPS) is 10.9. The summed E-state index contributed by atoms with van der Waals surface area (Å²) in [6, 6.07) is 7.65. The maximum atomic E-state index is 12.3. The Morgan fingerprint density at radius 2 is 1.78 bits per heavy atom. The van der Waals surface area contributed by atoms with Crippen molar-refractivity contribution in [1.29, 1.82) is 0 Å². The highest BCUT2D eigenvalue weighted by Crippen LogP contribution is 2.08. The fourth-order valence-electron chi connectivity index (χ4n) is 2.51. The Hall–Kier alpha value is -2.17. The van der Waals surface area contributed by atoms with Crippen molar-refractivity contribution in [3.8, 4) is 0 Å². The maximum Gasteiger partial charge on any atom is 0.253 e. The molecule has 0 fully saturated rings. The SMILES string of the molecule is CCN(CC)C(=O)c1ccc(CNC(=NC)NCc2ncnn2C)cc1.I. The molecule has 1 heterocycles. The summed E-state index contributed by atoms with van der Waals surface area (Å²) in [7, 11) is 3.57. The third kappa shape index (κ3) is 6.49. The van der Waals surface area contributed by atoms with Crippen molar-refractivity contribution >= 4 is 35.8 Å². The van der Waals surface area contributed by atoms with Gasteiger partial charge in [-0.25, -0.2) is 4.98 Å². The Morgan fingerprint density at radius 3 is 2.30 bits per heavy atom. The minimum atomic E-state index is 0. The van der Waals surface area contributed by atoms with Crippen molar-refractivity contribution < 1.29 is 4.79 Å². The minimum Gasteiger partial charge on any atom is -0.352 e. The van der Waals surface area contributed by atoms with Gasteiger partial charge in [-0.2, -0.15) is 5.10 Å². The second-order valence-corrected chi connectivity index (χ2v) is 5.75. The summed E-state index contributed by atoms with van der Waals surface area (Å²) in [5, 5.41) is 10.5. The van der Waals surface area contributed by atoms with Gasteiger partial charge in [-0.05, 0) is 31.5 Å². The number of rotatable bonds is 7. The standard InChI is InChI=1S/C18H27N7O.HI/c1-5-25(6-2)17(26)15-9-7-14(8-10-15)11-20-18(19-3)21-12-16-22-13-23-24(16)4;/h7-10,13H,5-6,11-12H2,1-4H3,(H2,19,20,21);1H. The summed E-state index contributed by atoms with van der Waals surface area (Å²) in [5.74, 6) is 1.57. The van der Waals surface area contributed by atoms with Crippen LogP contribution >= 0.6 is 24.0 Å². The second kappa shape index (κ2) is 11.5. The highest BCUT2D eigenvalue weighted by atomic mass is 127. The molecule has 2 N–H and O–H groups in total. The molecule has 9 heteroatoms. The molecule has 1 aromatic carbocycles. The summed E-state index contributed by atoms with van der Waals surface area (Å²) < 4.78 is 1.71. The van der Waals surface area contributed by atoms with Crippen molar-refractivity contribution in [3.05, 3.63) is 47.5 Å². The van der Waals surface area contributed by atoms with Crippen molar-refractivity contribution in [2.75, 3.05) is 20.1 Å². The summed E-state index contributed by atoms with van der Waals surface area (Å²) >= 11 is 0. The molecule has 0 spiro atoms. The number of hydrogen-bond donors (Lipinski definition) is 2. The maximum absolute atomic E-state index is 12.3. The molecule has 1 amide bonds. The zero-order chi connectivity index (χ0) is 18.9. The topological polar surface area (TPSA) is 87.4 Å². The first-order valence-electron chi connectivity index (χ1n) is 8.74. The number of aromatic nitrogens is 3. The van der Waals surface area contributed by atoms with E-state index in [-0.39, 0.29) is 29.9 Å². The molecule has 0 saturated heterocycles. The average Bonchev–Trinajstić information content (AvgIpc) is 3.08. The molecular formula is C18H28IN7O. The number of hydrogen-bond acceptors (Lipinski definition) is 4. The van der Waals surface area contributed by atoms with Gasteiger partial charge in [0.1, 0.15) is 12.2 Å². The molecule has 0 aliphatic heterocycles. The molecule has 148 valence electrons. The summed E-state index contributed by atoms with van der Waals surface area (Å²) in [6.07, 6.45) is 1.52. The Morgan fingerprint density at radius 1 is 1.15 bits per heavy atom. The van der Waals surface area contributed by atoms with Gasteiger partial charge in [-0.15, -0.1) is 24.0 Å². The molecule has 1 aromatic heterocycles. The van der Waals surface area contributed by atoms with Crippen LogP contribution in [0.2, 0.25) is 0 Å². The molecule has 27 heavy (non-hydrogen) atoms. The third-order valence-electron chi connectivity index (χ3n) is 4.15. The monoisotopic (exact) mass is 485 g/mol. The van der Waals surface area contributed by atoms with Crippen LogP contribution < -0.4 is 10.6 Å². The second-order valence-electron chi connectivity index (χ2n) is 5.75. The summed E-state index contributed by atoms with van der Waals surface area (Å²) in [5.41, 5.74) is 1.78. The minimum absolute atomic E-state index is 0. The van der Waals surface area contributed by atoms with Crippen LogP contribution in [-0.2, 0) is 20.1 Å². The number of halogens is 1. The van der Waals surface area contributed by atoms with Crippen LogP contribution in [-0.4, -0.2) is 51.7 Å². The molecular weight excluding hydrogens is 457 g/mol. The third-order valence-corrected chi connectivity index (χ3v) is 4.15. The zero-order valence-corrected chi connectivity index (χ0v) is 18.6. The van der Waals surface area contributed by atoms with Crippen LogP contribution in [0.3, 0.4) is 0 Å². The van der Waals surface area contributed by atoms with E-state index in [1.807, 2.05) is 50.1 Å². The van der Waals surface area contributed by atoms with E-state index in [9.17, 15) is 4.79 Å². The highest BCUT2D eigenvalue weighted by molar-refractivity contribution is 14.0. The number of nitrogens with one attached hydrogen (secondary N) is 2. The molecule has 8 nitrogen and oxygen atoms in total. The van der Waals surface area contributed by atoms with Crippen molar-refractivity contribution in [1.82, 2.24) is 30.3 Å². The van der Waals surface area contributed by atoms with Gasteiger partial charge in [-0.1, -0.05) is 12.1 Å². The number of benzene rings is 1. The highest BCUT2D eigenvalue weighted by Gasteiger charge is 2.12. The number of carbonyl (C=O) groups is 1. The number of aliphatic imine (C=N–C) groups is 1. The van der Waals surface area contributed by atoms with Crippen LogP contribution in [0.15, 0.2) is 35.6 Å². The van der Waals surface area contributed by atoms with E-state index in [2.05, 4.69) is 25.7 Å². The fourth-order valence-corrected chi connectivity index (χ4v) is 2.51. The van der Waals surface area contributed by atoms with Gasteiger partial charge in [0.15, 0.2) is 5.96 Å². The van der Waals surface area contributed by atoms with Crippen LogP contribution in [0.4, 0.5) is 0 Å². The molecule has 0 radical (unpaired) electrons. The van der Waals surface area contributed by atoms with Gasteiger partial charge in [0.05, 0.1) is 6.54 Å². The number of carbonyl (C=O) groups excluding carboxylic acids is 1. The lowest BCUT2D eigenvalue weighted by molar-refractivity contribution is 0.0773. The van der Waals surface area contributed by atoms with Gasteiger partial charge in [0, 0.05) is 39.3 Å². The Labute approximate surface area is 177 Å². The number of amides is 1. The van der Waals surface area contributed by atoms with E-state index in [1.54, 1.807) is 11.7 Å². The van der Waals surface area contributed by atoms with E-state index in [4.69, 9.17) is 0 Å². The molecule has 0 saturated carbocycles. The van der Waals surface area contributed by atoms with E-state index >= 15 is 0 Å². The molecule has 2 aromatic rings. The van der Waals surface area contributed by atoms with Gasteiger partial charge in [0.25, 0.3) is 5.91 Å². The predicted octanol–water partition coefficient (Wildman–Crippen LogP) is 1.78. The first-order chi connectivity index (χ1) is 12.6. The number of guanidine groups is 1. The molecule has 0 atom stereocenters. The largest absolute Gasteiger partial charge is 0.352 e. The summed E-state index contributed by atoms with van der Waals surface area (Å²) in [4.78, 5) is 22.5. The van der Waals surface area contributed by atoms with E-state index in [1.165, 1.54) is 6.33 Å². The van der Waals surface area contributed by atoms with Gasteiger partial charge < -0.3 is 15.5 Å². The van der Waals surface area contributed by atoms with E-state index in [0.717, 1.165) is 11.4 Å². The van der Waals surface area contributed by atoms with Crippen molar-refractivity contribution in [2.45, 2.75) is 26.9 Å². The van der Waals surface area contributed by atoms with Crippen LogP contribution in [0.5, 0.6) is 0 Å². The lowest BCUT2D eigenvalue weighted by Crippen LogP contribution is -2.37. The Bertz CT molecular complexity index is 738. The van der Waals surface area contributed by atoms with Crippen molar-refractivity contribution in [3.63, 3.8) is 0 Å². The van der Waals surface area contributed by atoms with E-state index in [0.29, 0.717) is 37.7 Å². The van der Waals surface area contributed by atoms with Gasteiger partial charge in [-0.3, -0.25) is 14.5 Å². The van der Waals surface area contributed by atoms with Crippen molar-refractivity contribution in [2.24, 2.45) is 12.0 Å². The molecule has 0 aliphatic rings. The lowest BCUT2D eigenvalue weighted by atomic mass is 10.1. The van der Waals surface area contributed by atoms with Gasteiger partial charge in [0.2, 0.25) is 0 Å². The Balaban J connectivity index is 0.00000364. The van der Waals surface area contributed by atoms with Crippen LogP contribution in [0.25, 0.3) is 0 Å². The smallest absolute Gasteiger partial charge is 0.253 e. The number of aryl methyl sites for hydroxylation is 1. The lowest BCUT2D eigenvalue weighted by Gasteiger charge is -2.18. The zero-order valence-electron chi connectivity index (χ0n) is 16.3. The molecule has 0 bridgehead atoms. The van der Waals surface area contributed by atoms with Crippen LogP contribution in [0, 0.1) is 0 Å². The first kappa shape index (κ1) is 22.9. The Kier molecular flexibility index (Phi) is 9.76. The van der Waals surface area contributed by atoms with Crippen LogP contribution in [0.1, 0.15) is 35.6 Å². The summed E-state index contributed by atoms with van der Waals surface area (Å²) in [6.45, 7) is 6.54. The van der Waals surface area contributed by atoms with E-state index < -0.39 is 0 Å². The molecule has 2 rings (SSSR count). The quantitative estimate of drug-likeness (QED) is 0.355. The van der Waals surface area contributed by atoms with Gasteiger partial charge >= 0.3 is 0 Å². The molecule has 0 aliphatic carbocycles.